The van der Waals surface area contributed by atoms with Crippen LogP contribution in [0.15, 0.2) is 36.6 Å². The van der Waals surface area contributed by atoms with Crippen LogP contribution in [0.4, 0.5) is 0 Å². The fourth-order valence-electron chi connectivity index (χ4n) is 2.40. The zero-order valence-electron chi connectivity index (χ0n) is 8.05. The van der Waals surface area contributed by atoms with Crippen LogP contribution in [0, 0.1) is 5.41 Å². The number of amides is 1. The molecule has 2 aliphatic rings. The molecule has 0 aromatic rings. The van der Waals surface area contributed by atoms with Crippen molar-refractivity contribution in [2.75, 3.05) is 0 Å². The minimum atomic E-state index is -0.398. The van der Waals surface area contributed by atoms with Crippen molar-refractivity contribution in [3.05, 3.63) is 36.6 Å². The molecule has 1 spiro atoms. The molecule has 1 heterocycles. The lowest BCUT2D eigenvalue weighted by molar-refractivity contribution is -0.131. The number of carbonyl (C=O) groups excluding carboxylic acids is 1. The lowest BCUT2D eigenvalue weighted by atomic mass is 9.62. The number of hydrogen-bond donors (Lipinski definition) is 2. The van der Waals surface area contributed by atoms with Crippen molar-refractivity contribution in [3.63, 3.8) is 0 Å². The quantitative estimate of drug-likeness (QED) is 0.678. The van der Waals surface area contributed by atoms with Gasteiger partial charge >= 0.3 is 0 Å². The fourth-order valence-corrected chi connectivity index (χ4v) is 2.40. The van der Waals surface area contributed by atoms with E-state index in [2.05, 4.69) is 18.5 Å². The Morgan fingerprint density at radius 1 is 1.43 bits per heavy atom. The van der Waals surface area contributed by atoms with Crippen LogP contribution in [0.25, 0.3) is 0 Å². The topological polar surface area (TPSA) is 55.1 Å². The van der Waals surface area contributed by atoms with E-state index in [1.807, 2.05) is 0 Å². The molecular formula is C11H14N2O. The molecule has 0 unspecified atom stereocenters. The molecule has 0 aromatic carbocycles. The molecule has 0 saturated heterocycles. The van der Waals surface area contributed by atoms with E-state index in [4.69, 9.17) is 5.73 Å². The van der Waals surface area contributed by atoms with Gasteiger partial charge in [-0.3, -0.25) is 4.79 Å². The first-order valence-corrected chi connectivity index (χ1v) is 4.70. The minimum Gasteiger partial charge on any atom is -0.328 e. The molecule has 1 saturated carbocycles. The number of nitrogens with one attached hydrogen (secondary N) is 1. The van der Waals surface area contributed by atoms with Crippen LogP contribution >= 0.6 is 0 Å². The molecular weight excluding hydrogens is 176 g/mol. The monoisotopic (exact) mass is 190 g/mol. The van der Waals surface area contributed by atoms with E-state index in [0.29, 0.717) is 0 Å². The average Bonchev–Trinajstić information content (AvgIpc) is 2.39. The average molecular weight is 190 g/mol. The predicted octanol–water partition coefficient (Wildman–Crippen LogP) is 0.850. The van der Waals surface area contributed by atoms with E-state index in [-0.39, 0.29) is 11.9 Å². The van der Waals surface area contributed by atoms with Gasteiger partial charge in [0, 0.05) is 11.7 Å². The summed E-state index contributed by atoms with van der Waals surface area (Å²) in [4.78, 5) is 11.8. The normalized spacial score (nSPS) is 35.5. The molecule has 1 aliphatic carbocycles. The van der Waals surface area contributed by atoms with Crippen molar-refractivity contribution in [1.29, 1.82) is 0 Å². The molecule has 3 heteroatoms. The lowest BCUT2D eigenvalue weighted by Gasteiger charge is -2.42. The van der Waals surface area contributed by atoms with E-state index >= 15 is 0 Å². The largest absolute Gasteiger partial charge is 0.328 e. The molecule has 3 nitrogen and oxygen atoms in total. The van der Waals surface area contributed by atoms with Crippen LogP contribution in [0.2, 0.25) is 0 Å². The predicted molar refractivity (Wildman–Crippen MR) is 55.2 cm³/mol. The maximum atomic E-state index is 11.8. The first-order chi connectivity index (χ1) is 6.64. The van der Waals surface area contributed by atoms with E-state index in [1.165, 1.54) is 0 Å². The van der Waals surface area contributed by atoms with Gasteiger partial charge in [-0.2, -0.15) is 0 Å². The highest BCUT2D eigenvalue weighted by molar-refractivity contribution is 5.93. The zero-order chi connectivity index (χ0) is 10.3. The first kappa shape index (κ1) is 9.21. The van der Waals surface area contributed by atoms with Crippen molar-refractivity contribution in [2.24, 2.45) is 11.1 Å². The van der Waals surface area contributed by atoms with Crippen molar-refractivity contribution in [2.45, 2.75) is 18.9 Å². The second kappa shape index (κ2) is 2.82. The Kier molecular flexibility index (Phi) is 1.86. The Morgan fingerprint density at radius 3 is 2.50 bits per heavy atom. The summed E-state index contributed by atoms with van der Waals surface area (Å²) in [5.74, 6) is 0.0454. The van der Waals surface area contributed by atoms with Gasteiger partial charge < -0.3 is 11.1 Å². The second-order valence-corrected chi connectivity index (χ2v) is 3.94. The summed E-state index contributed by atoms with van der Waals surface area (Å²) >= 11 is 0. The standard InChI is InChI=1S/C11H14N2O/c1-3-8-9(4-2)13-10(14)11(8)5-7(12)6-11/h3-4,7H,1-2,5-6,12H2,(H,13,14). The Hall–Kier alpha value is -1.35. The highest BCUT2D eigenvalue weighted by atomic mass is 16.2. The summed E-state index contributed by atoms with van der Waals surface area (Å²) < 4.78 is 0. The zero-order valence-corrected chi connectivity index (χ0v) is 8.05. The SMILES string of the molecule is C=CC1=C(C=C)C2(CC(N)C2)C(=O)N1. The Morgan fingerprint density at radius 2 is 2.07 bits per heavy atom. The van der Waals surface area contributed by atoms with Gasteiger partial charge in [-0.1, -0.05) is 19.2 Å². The maximum absolute atomic E-state index is 11.8. The molecule has 0 bridgehead atoms. The highest BCUT2D eigenvalue weighted by Gasteiger charge is 2.54. The Balaban J connectivity index is 2.41. The van der Waals surface area contributed by atoms with Crippen molar-refractivity contribution in [1.82, 2.24) is 5.32 Å². The summed E-state index contributed by atoms with van der Waals surface area (Å²) in [5, 5.41) is 2.81. The third-order valence-electron chi connectivity index (χ3n) is 3.12. The molecule has 3 N–H and O–H groups in total. The van der Waals surface area contributed by atoms with Gasteiger partial charge in [0.1, 0.15) is 0 Å². The Bertz CT molecular complexity index is 348. The molecule has 1 fully saturated rings. The van der Waals surface area contributed by atoms with E-state index in [9.17, 15) is 4.79 Å². The molecule has 0 atom stereocenters. The van der Waals surface area contributed by atoms with Crippen molar-refractivity contribution >= 4 is 5.91 Å². The summed E-state index contributed by atoms with van der Waals surface area (Å²) in [5.41, 5.74) is 7.08. The molecule has 14 heavy (non-hydrogen) atoms. The van der Waals surface area contributed by atoms with Crippen molar-refractivity contribution in [3.8, 4) is 0 Å². The van der Waals surface area contributed by atoms with Gasteiger partial charge in [-0.15, -0.1) is 0 Å². The lowest BCUT2D eigenvalue weighted by Crippen LogP contribution is -2.51. The van der Waals surface area contributed by atoms with Gasteiger partial charge in [0.15, 0.2) is 0 Å². The number of carbonyl (C=O) groups is 1. The summed E-state index contributed by atoms with van der Waals surface area (Å²) in [7, 11) is 0. The molecule has 0 aromatic heterocycles. The van der Waals surface area contributed by atoms with Crippen LogP contribution in [0.5, 0.6) is 0 Å². The number of allylic oxidation sites excluding steroid dienone is 2. The third kappa shape index (κ3) is 0.930. The maximum Gasteiger partial charge on any atom is 0.235 e. The third-order valence-corrected chi connectivity index (χ3v) is 3.12. The summed E-state index contributed by atoms with van der Waals surface area (Å²) in [6.07, 6.45) is 4.84. The fraction of sp³-hybridized carbons (Fsp3) is 0.364. The van der Waals surface area contributed by atoms with Crippen molar-refractivity contribution < 1.29 is 4.79 Å². The van der Waals surface area contributed by atoms with E-state index in [1.54, 1.807) is 12.2 Å². The van der Waals surface area contributed by atoms with Crippen LogP contribution < -0.4 is 11.1 Å². The summed E-state index contributed by atoms with van der Waals surface area (Å²) in [6.45, 7) is 7.41. The van der Waals surface area contributed by atoms with Gasteiger partial charge in [0.05, 0.1) is 5.41 Å². The number of rotatable bonds is 2. The smallest absolute Gasteiger partial charge is 0.235 e. The molecule has 0 radical (unpaired) electrons. The van der Waals surface area contributed by atoms with Gasteiger partial charge in [0.2, 0.25) is 5.91 Å². The highest BCUT2D eigenvalue weighted by Crippen LogP contribution is 2.50. The summed E-state index contributed by atoms with van der Waals surface area (Å²) in [6, 6.07) is 0.139. The van der Waals surface area contributed by atoms with Gasteiger partial charge in [-0.05, 0) is 24.5 Å². The number of nitrogens with two attached hydrogens (primary N) is 1. The molecule has 2 rings (SSSR count). The molecule has 1 aliphatic heterocycles. The second-order valence-electron chi connectivity index (χ2n) is 3.94. The van der Waals surface area contributed by atoms with Crippen LogP contribution in [0.1, 0.15) is 12.8 Å². The minimum absolute atomic E-state index is 0.0454. The number of hydrogen-bond acceptors (Lipinski definition) is 2. The molecule has 1 amide bonds. The van der Waals surface area contributed by atoms with Gasteiger partial charge in [-0.25, -0.2) is 0 Å². The van der Waals surface area contributed by atoms with Gasteiger partial charge in [0.25, 0.3) is 0 Å². The van der Waals surface area contributed by atoms with Crippen LogP contribution in [-0.4, -0.2) is 11.9 Å². The van der Waals surface area contributed by atoms with E-state index in [0.717, 1.165) is 24.1 Å². The Labute approximate surface area is 83.4 Å². The van der Waals surface area contributed by atoms with E-state index < -0.39 is 5.41 Å². The first-order valence-electron chi connectivity index (χ1n) is 4.70. The van der Waals surface area contributed by atoms with Crippen LogP contribution in [0.3, 0.4) is 0 Å². The van der Waals surface area contributed by atoms with Crippen LogP contribution in [-0.2, 0) is 4.79 Å². The molecule has 74 valence electrons.